The van der Waals surface area contributed by atoms with Gasteiger partial charge in [-0.15, -0.1) is 11.8 Å². The minimum Gasteiger partial charge on any atom is -0.393 e. The van der Waals surface area contributed by atoms with E-state index in [9.17, 15) is 13.5 Å². The Hall–Kier alpha value is -4.62. The van der Waals surface area contributed by atoms with Gasteiger partial charge in [-0.25, -0.2) is 8.42 Å². The standard InChI is InChI=1S/C50H56Cl2N6O3S2/c1-35-32-46(20-21-47(35)53-41(34-62-45-10-5-4-6-11-45)22-25-56-26-23-44(59)24-27-56)63(60,61)54-40-16-18-42(19-17-40)57-28-30-58(31-29-57)43-9-7-8-38(33-43)48-49(52)36(2)55(3)50(48)37-12-14-39(51)15-13-37/h4-21,32-33,41,44,53-54,59H,22-31,34H2,1-3H3/t41-/m1/s1. The molecular formula is C50H56Cl2N6O3S2. The molecule has 1 aromatic heterocycles. The Morgan fingerprint density at radius 2 is 1.44 bits per heavy atom. The zero-order valence-electron chi connectivity index (χ0n) is 36.1. The number of piperidine rings is 1. The first-order valence-electron chi connectivity index (χ1n) is 21.7. The summed E-state index contributed by atoms with van der Waals surface area (Å²) in [4.78, 5) is 8.62. The van der Waals surface area contributed by atoms with Crippen LogP contribution in [0, 0.1) is 13.8 Å². The first-order chi connectivity index (χ1) is 30.4. The van der Waals surface area contributed by atoms with Crippen molar-refractivity contribution in [1.29, 1.82) is 0 Å². The highest BCUT2D eigenvalue weighted by Crippen LogP contribution is 2.43. The van der Waals surface area contributed by atoms with E-state index < -0.39 is 10.0 Å². The maximum Gasteiger partial charge on any atom is 0.261 e. The van der Waals surface area contributed by atoms with Crippen LogP contribution in [0.4, 0.5) is 22.7 Å². The van der Waals surface area contributed by atoms with E-state index in [1.807, 2.05) is 93.3 Å². The van der Waals surface area contributed by atoms with E-state index in [-0.39, 0.29) is 17.0 Å². The third-order valence-corrected chi connectivity index (χ3v) is 15.7. The molecule has 0 bridgehead atoms. The molecule has 9 nitrogen and oxygen atoms in total. The summed E-state index contributed by atoms with van der Waals surface area (Å²) >= 11 is 15.1. The lowest BCUT2D eigenvalue weighted by atomic mass is 10.00. The summed E-state index contributed by atoms with van der Waals surface area (Å²) in [5, 5.41) is 15.2. The van der Waals surface area contributed by atoms with Crippen LogP contribution in [0.1, 0.15) is 30.5 Å². The van der Waals surface area contributed by atoms with Crippen LogP contribution in [0.2, 0.25) is 10.0 Å². The number of aliphatic hydroxyl groups excluding tert-OH is 1. The van der Waals surface area contributed by atoms with Crippen molar-refractivity contribution in [1.82, 2.24) is 9.47 Å². The van der Waals surface area contributed by atoms with E-state index >= 15 is 0 Å². The fourth-order valence-electron chi connectivity index (χ4n) is 8.59. The predicted octanol–water partition coefficient (Wildman–Crippen LogP) is 10.8. The number of aryl methyl sites for hydroxylation is 1. The van der Waals surface area contributed by atoms with Crippen LogP contribution in [0.25, 0.3) is 22.4 Å². The lowest BCUT2D eigenvalue weighted by Crippen LogP contribution is -2.46. The number of hydrogen-bond donors (Lipinski definition) is 3. The molecule has 0 radical (unpaired) electrons. The van der Waals surface area contributed by atoms with Gasteiger partial charge in [-0.2, -0.15) is 0 Å². The van der Waals surface area contributed by atoms with E-state index in [2.05, 4.69) is 77.8 Å². The second-order valence-electron chi connectivity index (χ2n) is 16.7. The molecule has 2 aliphatic heterocycles. The number of nitrogens with zero attached hydrogens (tertiary/aromatic N) is 4. The fraction of sp³-hybridized carbons (Fsp3) is 0.320. The van der Waals surface area contributed by atoms with Crippen LogP contribution in [0.3, 0.4) is 0 Å². The van der Waals surface area contributed by atoms with Gasteiger partial charge in [0.1, 0.15) is 0 Å². The topological polar surface area (TPSA) is 93.1 Å². The minimum absolute atomic E-state index is 0.174. The molecule has 0 unspecified atom stereocenters. The third-order valence-electron chi connectivity index (χ3n) is 12.4. The lowest BCUT2D eigenvalue weighted by Gasteiger charge is -2.37. The van der Waals surface area contributed by atoms with Gasteiger partial charge in [-0.3, -0.25) is 4.72 Å². The van der Waals surface area contributed by atoms with Crippen LogP contribution >= 0.6 is 35.0 Å². The number of hydrogen-bond acceptors (Lipinski definition) is 8. The van der Waals surface area contributed by atoms with E-state index in [1.165, 1.54) is 4.90 Å². The van der Waals surface area contributed by atoms with Gasteiger partial charge in [0.25, 0.3) is 10.0 Å². The van der Waals surface area contributed by atoms with Gasteiger partial charge in [0.05, 0.1) is 21.7 Å². The summed E-state index contributed by atoms with van der Waals surface area (Å²) in [6.07, 6.45) is 2.38. The van der Waals surface area contributed by atoms with Gasteiger partial charge < -0.3 is 29.7 Å². The fourth-order valence-corrected chi connectivity index (χ4v) is 11.2. The van der Waals surface area contributed by atoms with E-state index in [0.717, 1.165) is 127 Å². The Bertz CT molecular complexity index is 2590. The molecule has 330 valence electrons. The van der Waals surface area contributed by atoms with Gasteiger partial charge in [-0.05, 0) is 129 Å². The van der Waals surface area contributed by atoms with Crippen molar-refractivity contribution in [2.45, 2.75) is 55.0 Å². The SMILES string of the molecule is Cc1cc(S(=O)(=O)Nc2ccc(N3CCN(c4cccc(-c5c(Cl)c(C)n(C)c5-c5ccc(Cl)cc5)c4)CC3)cc2)ccc1N[C@H](CCN1CCC(O)CC1)CSc1ccccc1. The number of sulfonamides is 1. The average Bonchev–Trinajstić information content (AvgIpc) is 3.52. The van der Waals surface area contributed by atoms with Crippen molar-refractivity contribution < 1.29 is 13.5 Å². The largest absolute Gasteiger partial charge is 0.393 e. The molecule has 3 N–H and O–H groups in total. The molecule has 0 saturated carbocycles. The third kappa shape index (κ3) is 10.8. The molecule has 2 aliphatic rings. The molecule has 0 aliphatic carbocycles. The maximum absolute atomic E-state index is 13.7. The lowest BCUT2D eigenvalue weighted by molar-refractivity contribution is 0.0817. The van der Waals surface area contributed by atoms with Crippen molar-refractivity contribution in [3.8, 4) is 22.4 Å². The number of halogens is 2. The molecule has 5 aromatic carbocycles. The smallest absolute Gasteiger partial charge is 0.261 e. The highest BCUT2D eigenvalue weighted by molar-refractivity contribution is 7.99. The summed E-state index contributed by atoms with van der Waals surface area (Å²) < 4.78 is 32.3. The van der Waals surface area contributed by atoms with Crippen molar-refractivity contribution in [3.63, 3.8) is 0 Å². The summed E-state index contributed by atoms with van der Waals surface area (Å²) in [6.45, 7) is 10.1. The Kier molecular flexibility index (Phi) is 14.3. The molecule has 3 heterocycles. The summed E-state index contributed by atoms with van der Waals surface area (Å²) in [5.41, 5.74) is 9.72. The molecule has 13 heteroatoms. The molecule has 0 spiro atoms. The second kappa shape index (κ2) is 20.0. The number of rotatable bonds is 15. The molecular weight excluding hydrogens is 868 g/mol. The molecule has 8 rings (SSSR count). The Morgan fingerprint density at radius 3 is 2.13 bits per heavy atom. The highest BCUT2D eigenvalue weighted by Gasteiger charge is 2.24. The number of anilines is 4. The number of likely N-dealkylation sites (tertiary alicyclic amines) is 1. The number of nitrogens with one attached hydrogen (secondary N) is 2. The number of thioether (sulfide) groups is 1. The monoisotopic (exact) mass is 922 g/mol. The first-order valence-corrected chi connectivity index (χ1v) is 24.9. The van der Waals surface area contributed by atoms with Gasteiger partial charge in [0.2, 0.25) is 0 Å². The average molecular weight is 924 g/mol. The zero-order chi connectivity index (χ0) is 44.1. The maximum atomic E-state index is 13.7. The van der Waals surface area contributed by atoms with Crippen molar-refractivity contribution in [2.24, 2.45) is 7.05 Å². The predicted molar refractivity (Wildman–Crippen MR) is 265 cm³/mol. The normalized spacial score (nSPS) is 15.7. The van der Waals surface area contributed by atoms with Crippen molar-refractivity contribution in [2.75, 3.05) is 71.4 Å². The molecule has 63 heavy (non-hydrogen) atoms. The Morgan fingerprint density at radius 1 is 0.762 bits per heavy atom. The van der Waals surface area contributed by atoms with Gasteiger partial charge in [-0.1, -0.05) is 65.7 Å². The zero-order valence-corrected chi connectivity index (χ0v) is 39.2. The Labute approximate surface area is 387 Å². The van der Waals surface area contributed by atoms with Crippen LogP contribution in [-0.2, 0) is 17.1 Å². The van der Waals surface area contributed by atoms with E-state index in [0.29, 0.717) is 10.7 Å². The number of piperazine rings is 1. The van der Waals surface area contributed by atoms with Crippen LogP contribution in [0.5, 0.6) is 0 Å². The molecule has 0 amide bonds. The molecule has 2 saturated heterocycles. The quantitative estimate of drug-likeness (QED) is 0.0878. The number of aromatic nitrogens is 1. The van der Waals surface area contributed by atoms with Gasteiger partial charge >= 0.3 is 0 Å². The van der Waals surface area contributed by atoms with Crippen LogP contribution in [-0.4, -0.2) is 86.7 Å². The molecule has 6 aromatic rings. The summed E-state index contributed by atoms with van der Waals surface area (Å²) in [5.74, 6) is 0.873. The number of benzene rings is 5. The van der Waals surface area contributed by atoms with E-state index in [4.69, 9.17) is 23.2 Å². The van der Waals surface area contributed by atoms with Crippen molar-refractivity contribution >= 4 is 67.7 Å². The Balaban J connectivity index is 0.881. The van der Waals surface area contributed by atoms with Crippen LogP contribution in [0.15, 0.2) is 131 Å². The first kappa shape index (κ1) is 45.0. The summed E-state index contributed by atoms with van der Waals surface area (Å²) in [7, 11) is -1.78. The van der Waals surface area contributed by atoms with Gasteiger partial charge in [0.15, 0.2) is 0 Å². The minimum atomic E-state index is -3.82. The second-order valence-corrected chi connectivity index (χ2v) is 20.3. The van der Waals surface area contributed by atoms with E-state index in [1.54, 1.807) is 12.1 Å². The highest BCUT2D eigenvalue weighted by atomic mass is 35.5. The molecule has 2 fully saturated rings. The molecule has 1 atom stereocenters. The summed E-state index contributed by atoms with van der Waals surface area (Å²) in [6, 6.07) is 40.1. The van der Waals surface area contributed by atoms with Gasteiger partial charge in [0, 0.05) is 109 Å². The van der Waals surface area contributed by atoms with Crippen molar-refractivity contribution in [3.05, 3.63) is 143 Å². The number of aliphatic hydroxyl groups is 1. The van der Waals surface area contributed by atoms with Crippen LogP contribution < -0.4 is 19.8 Å².